The lowest BCUT2D eigenvalue weighted by Gasteiger charge is -2.12. The van der Waals surface area contributed by atoms with Crippen LogP contribution in [0.2, 0.25) is 0 Å². The van der Waals surface area contributed by atoms with Gasteiger partial charge in [0, 0.05) is 30.0 Å². The third-order valence-electron chi connectivity index (χ3n) is 6.38. The van der Waals surface area contributed by atoms with Gasteiger partial charge in [0.05, 0.1) is 12.5 Å². The van der Waals surface area contributed by atoms with Gasteiger partial charge in [-0.25, -0.2) is 0 Å². The van der Waals surface area contributed by atoms with E-state index in [1.54, 1.807) is 7.11 Å². The molecule has 2 heterocycles. The van der Waals surface area contributed by atoms with Crippen molar-refractivity contribution in [3.8, 4) is 16.9 Å². The van der Waals surface area contributed by atoms with E-state index in [1.807, 2.05) is 0 Å². The van der Waals surface area contributed by atoms with Crippen LogP contribution in [0.4, 0.5) is 0 Å². The van der Waals surface area contributed by atoms with Crippen LogP contribution in [0.1, 0.15) is 22.4 Å². The lowest BCUT2D eigenvalue weighted by atomic mass is 9.97. The second-order valence-electron chi connectivity index (χ2n) is 8.33. The summed E-state index contributed by atoms with van der Waals surface area (Å²) in [4.78, 5) is 0. The summed E-state index contributed by atoms with van der Waals surface area (Å²) < 4.78 is 8.08. The number of aryl methyl sites for hydroxylation is 4. The Morgan fingerprint density at radius 2 is 1.43 bits per heavy atom. The van der Waals surface area contributed by atoms with Crippen molar-refractivity contribution in [2.75, 3.05) is 7.11 Å². The summed E-state index contributed by atoms with van der Waals surface area (Å²) in [6, 6.07) is 22.2. The van der Waals surface area contributed by atoms with Crippen molar-refractivity contribution < 1.29 is 9.14 Å². The fourth-order valence-electron chi connectivity index (χ4n) is 4.44. The normalized spacial score (nSPS) is 11.5. The molecule has 0 N–H and O–H groups in total. The van der Waals surface area contributed by atoms with E-state index < -0.39 is 0 Å². The predicted octanol–water partition coefficient (Wildman–Crippen LogP) is 6.64. The second kappa shape index (κ2) is 6.84. The number of ether oxygens (including phenoxy) is 1. The molecule has 2 nitrogen and oxygen atoms in total. The Hall–Kier alpha value is -3.39. The summed E-state index contributed by atoms with van der Waals surface area (Å²) >= 11 is 0. The summed E-state index contributed by atoms with van der Waals surface area (Å²) in [5.74, 6) is 0.902. The van der Waals surface area contributed by atoms with Crippen LogP contribution < -0.4 is 9.14 Å². The van der Waals surface area contributed by atoms with Crippen LogP contribution in [0.25, 0.3) is 38.2 Å². The number of fused-ring (bicyclic) bond motifs is 4. The maximum atomic E-state index is 5.77. The summed E-state index contributed by atoms with van der Waals surface area (Å²) in [5, 5.41) is 5.01. The number of aromatic nitrogens is 1. The van der Waals surface area contributed by atoms with E-state index in [0.717, 1.165) is 11.3 Å². The number of nitrogens with zero attached hydrogens (tertiary/aromatic N) is 1. The number of hydrogen-bond acceptors (Lipinski definition) is 1. The number of methoxy groups -OCH3 is 1. The van der Waals surface area contributed by atoms with Crippen LogP contribution in [0.3, 0.4) is 0 Å². The van der Waals surface area contributed by atoms with Gasteiger partial charge in [-0.15, -0.1) is 0 Å². The lowest BCUT2D eigenvalue weighted by Crippen LogP contribution is -2.25. The molecule has 0 fully saturated rings. The van der Waals surface area contributed by atoms with Crippen molar-refractivity contribution in [2.45, 2.75) is 27.7 Å². The van der Waals surface area contributed by atoms with Crippen LogP contribution in [-0.4, -0.2) is 7.11 Å². The van der Waals surface area contributed by atoms with Gasteiger partial charge in [0.15, 0.2) is 11.9 Å². The average molecular weight is 393 g/mol. The Bertz CT molecular complexity index is 1450. The Morgan fingerprint density at radius 3 is 2.17 bits per heavy atom. The van der Waals surface area contributed by atoms with Crippen molar-refractivity contribution >= 4 is 27.1 Å². The number of hydrogen-bond donors (Lipinski definition) is 0. The standard InChI is InChI=1S/C28H26NO/c1-17-6-8-21(9-7-17)26-16-25-22(15-28(26)30-5)10-11-29-20(4)24-13-19(3)18(2)12-23(24)14-27(25)29/h6-16H,1-5H3/q+1. The molecule has 5 aromatic rings. The highest BCUT2D eigenvalue weighted by Gasteiger charge is 2.18. The fourth-order valence-corrected chi connectivity index (χ4v) is 4.44. The van der Waals surface area contributed by atoms with E-state index in [-0.39, 0.29) is 0 Å². The molecule has 0 radical (unpaired) electrons. The summed E-state index contributed by atoms with van der Waals surface area (Å²) in [6.45, 7) is 8.69. The van der Waals surface area contributed by atoms with Crippen LogP contribution in [0.5, 0.6) is 5.75 Å². The van der Waals surface area contributed by atoms with Crippen molar-refractivity contribution in [3.05, 3.63) is 89.2 Å². The van der Waals surface area contributed by atoms with Crippen molar-refractivity contribution in [1.29, 1.82) is 0 Å². The quantitative estimate of drug-likeness (QED) is 0.186. The van der Waals surface area contributed by atoms with Gasteiger partial charge in [-0.2, -0.15) is 4.40 Å². The van der Waals surface area contributed by atoms with E-state index >= 15 is 0 Å². The summed E-state index contributed by atoms with van der Waals surface area (Å²) in [6.07, 6.45) is 2.17. The van der Waals surface area contributed by atoms with Gasteiger partial charge in [0.2, 0.25) is 5.52 Å². The molecule has 2 heteroatoms. The molecule has 0 saturated carbocycles. The van der Waals surface area contributed by atoms with Gasteiger partial charge in [-0.3, -0.25) is 0 Å². The van der Waals surface area contributed by atoms with Gasteiger partial charge >= 0.3 is 0 Å². The molecule has 5 rings (SSSR count). The zero-order valence-electron chi connectivity index (χ0n) is 18.2. The molecule has 0 spiro atoms. The maximum absolute atomic E-state index is 5.77. The third-order valence-corrected chi connectivity index (χ3v) is 6.38. The van der Waals surface area contributed by atoms with Crippen LogP contribution in [0.15, 0.2) is 66.9 Å². The molecular formula is C28H26NO+. The molecule has 30 heavy (non-hydrogen) atoms. The number of pyridine rings is 2. The van der Waals surface area contributed by atoms with E-state index in [0.29, 0.717) is 0 Å². The van der Waals surface area contributed by atoms with Gasteiger partial charge in [0.1, 0.15) is 5.75 Å². The molecule has 148 valence electrons. The molecule has 0 amide bonds. The Kier molecular flexibility index (Phi) is 4.25. The van der Waals surface area contributed by atoms with E-state index in [2.05, 4.69) is 99.0 Å². The van der Waals surface area contributed by atoms with Crippen molar-refractivity contribution in [3.63, 3.8) is 0 Å². The first kappa shape index (κ1) is 18.6. The maximum Gasteiger partial charge on any atom is 0.219 e. The molecule has 0 aliphatic rings. The molecule has 0 unspecified atom stereocenters. The molecule has 0 saturated heterocycles. The highest BCUT2D eigenvalue weighted by molar-refractivity contribution is 6.01. The molecule has 0 aliphatic heterocycles. The van der Waals surface area contributed by atoms with Crippen LogP contribution in [-0.2, 0) is 0 Å². The molecule has 2 aromatic heterocycles. The highest BCUT2D eigenvalue weighted by atomic mass is 16.5. The van der Waals surface area contributed by atoms with Crippen molar-refractivity contribution in [1.82, 2.24) is 0 Å². The molecule has 0 atom stereocenters. The van der Waals surface area contributed by atoms with Gasteiger partial charge in [-0.05, 0) is 66.4 Å². The SMILES string of the molecule is COc1cc2cc[n+]3c(C)c4cc(C)c(C)cc4cc3c2cc1-c1ccc(C)cc1. The van der Waals surface area contributed by atoms with E-state index in [1.165, 1.54) is 55.0 Å². The monoisotopic (exact) mass is 392 g/mol. The highest BCUT2D eigenvalue weighted by Crippen LogP contribution is 2.36. The number of benzene rings is 3. The topological polar surface area (TPSA) is 13.3 Å². The molecule has 0 aliphatic carbocycles. The van der Waals surface area contributed by atoms with Crippen molar-refractivity contribution in [2.24, 2.45) is 0 Å². The second-order valence-corrected chi connectivity index (χ2v) is 8.33. The Morgan fingerprint density at radius 1 is 0.700 bits per heavy atom. The van der Waals surface area contributed by atoms with Crippen LogP contribution >= 0.6 is 0 Å². The first-order chi connectivity index (χ1) is 14.5. The minimum atomic E-state index is 0.902. The minimum Gasteiger partial charge on any atom is -0.496 e. The smallest absolute Gasteiger partial charge is 0.219 e. The Balaban J connectivity index is 1.89. The molecule has 0 bridgehead atoms. The summed E-state index contributed by atoms with van der Waals surface area (Å²) in [5.41, 5.74) is 8.69. The fraction of sp³-hybridized carbons (Fsp3) is 0.179. The Labute approximate surface area is 177 Å². The summed E-state index contributed by atoms with van der Waals surface area (Å²) in [7, 11) is 1.75. The molecule has 3 aromatic carbocycles. The van der Waals surface area contributed by atoms with Crippen LogP contribution in [0, 0.1) is 27.7 Å². The van der Waals surface area contributed by atoms with E-state index in [9.17, 15) is 0 Å². The minimum absolute atomic E-state index is 0.902. The number of rotatable bonds is 2. The predicted molar refractivity (Wildman–Crippen MR) is 126 cm³/mol. The van der Waals surface area contributed by atoms with Gasteiger partial charge < -0.3 is 4.74 Å². The first-order valence-electron chi connectivity index (χ1n) is 10.4. The van der Waals surface area contributed by atoms with Gasteiger partial charge in [0.25, 0.3) is 0 Å². The largest absolute Gasteiger partial charge is 0.496 e. The van der Waals surface area contributed by atoms with E-state index in [4.69, 9.17) is 4.74 Å². The lowest BCUT2D eigenvalue weighted by molar-refractivity contribution is -0.516. The molecular weight excluding hydrogens is 366 g/mol. The zero-order chi connectivity index (χ0) is 21.0. The third kappa shape index (κ3) is 2.83. The first-order valence-corrected chi connectivity index (χ1v) is 10.4. The van der Waals surface area contributed by atoms with Gasteiger partial charge in [-0.1, -0.05) is 35.9 Å². The zero-order valence-corrected chi connectivity index (χ0v) is 18.2. The average Bonchev–Trinajstić information content (AvgIpc) is 2.75.